The molecule has 0 radical (unpaired) electrons. The van der Waals surface area contributed by atoms with E-state index in [0.717, 1.165) is 16.0 Å². The Morgan fingerprint density at radius 3 is 2.00 bits per heavy atom. The zero-order valence-corrected chi connectivity index (χ0v) is 22.1. The number of halogens is 1. The van der Waals surface area contributed by atoms with E-state index in [-0.39, 0.29) is 23.8 Å². The summed E-state index contributed by atoms with van der Waals surface area (Å²) in [5.74, 6) is -2.80. The summed E-state index contributed by atoms with van der Waals surface area (Å²) in [4.78, 5) is 59.1. The van der Waals surface area contributed by atoms with Gasteiger partial charge in [-0.1, -0.05) is 42.5 Å². The van der Waals surface area contributed by atoms with Crippen LogP contribution >= 0.6 is 11.6 Å². The second-order valence-corrected chi connectivity index (χ2v) is 8.98. The van der Waals surface area contributed by atoms with Crippen molar-refractivity contribution in [2.75, 3.05) is 13.6 Å². The minimum absolute atomic E-state index is 0.0991. The number of phenols is 1. The smallest absolute Gasteiger partial charge is 0.326 e. The number of carbonyl (C=O) groups excluding carboxylic acids is 4. The average molecular weight is 549 g/mol. The number of phenolic OH excluding ortho intramolecular Hbond substituents is 1. The van der Waals surface area contributed by atoms with Gasteiger partial charge in [-0.2, -0.15) is 0 Å². The van der Waals surface area contributed by atoms with E-state index in [1.807, 2.05) is 6.07 Å². The first-order valence-electron chi connectivity index (χ1n) is 11.6. The third kappa shape index (κ3) is 11.8. The molecule has 38 heavy (non-hydrogen) atoms. The number of nitrogens with one attached hydrogen (secondary N) is 2. The molecular weight excluding hydrogens is 516 g/mol. The lowest BCUT2D eigenvalue weighted by atomic mass is 10.0. The molecule has 0 heterocycles. The summed E-state index contributed by atoms with van der Waals surface area (Å²) in [6.07, 6.45) is 0.333. The molecule has 6 N–H and O–H groups in total. The van der Waals surface area contributed by atoms with Crippen molar-refractivity contribution in [1.29, 1.82) is 0 Å². The Bertz CT molecular complexity index is 1090. The fraction of sp³-hybridized carbons (Fsp3) is 0.346. The van der Waals surface area contributed by atoms with E-state index >= 15 is 0 Å². The molecule has 0 fully saturated rings. The predicted molar refractivity (Wildman–Crippen MR) is 141 cm³/mol. The van der Waals surface area contributed by atoms with Crippen molar-refractivity contribution in [3.05, 3.63) is 65.7 Å². The number of aliphatic carboxylic acids is 1. The summed E-state index contributed by atoms with van der Waals surface area (Å²) in [6, 6.07) is 12.2. The van der Waals surface area contributed by atoms with Gasteiger partial charge in [0, 0.05) is 20.4 Å². The van der Waals surface area contributed by atoms with Crippen molar-refractivity contribution in [3.8, 4) is 5.75 Å². The molecule has 206 valence electrons. The largest absolute Gasteiger partial charge is 0.508 e. The van der Waals surface area contributed by atoms with Gasteiger partial charge < -0.3 is 31.5 Å². The van der Waals surface area contributed by atoms with Crippen molar-refractivity contribution in [2.45, 2.75) is 44.8 Å². The molecule has 3 unspecified atom stereocenters. The van der Waals surface area contributed by atoms with Gasteiger partial charge in [-0.05, 0) is 48.2 Å². The second kappa shape index (κ2) is 16.0. The Morgan fingerprint density at radius 1 is 0.947 bits per heavy atom. The first-order valence-corrected chi connectivity index (χ1v) is 12.0. The lowest BCUT2D eigenvalue weighted by molar-refractivity contribution is -0.148. The molecule has 2 aromatic carbocycles. The number of rotatable bonds is 11. The van der Waals surface area contributed by atoms with Gasteiger partial charge in [0.25, 0.3) is 0 Å². The summed E-state index contributed by atoms with van der Waals surface area (Å²) >= 11 is 4.64. The van der Waals surface area contributed by atoms with Crippen LogP contribution in [0.15, 0.2) is 54.6 Å². The third-order valence-corrected chi connectivity index (χ3v) is 5.31. The first kappa shape index (κ1) is 32.1. The standard InChI is InChI=1S/C24H30N4O6.C2H3ClO/c1-15(27-23(32)19(25)12-17-8-10-18(29)11-9-17)22(31)26-14-21(30)28(2)20(24(33)34)13-16-6-4-3-5-7-16;1-2(3)4/h3-11,15,19-20,29H,12-14,25H2,1-2H3,(H,26,31)(H,27,32)(H,33,34);1H3. The zero-order chi connectivity index (χ0) is 28.8. The van der Waals surface area contributed by atoms with Gasteiger partial charge in [-0.15, -0.1) is 0 Å². The SMILES string of the molecule is CC(=O)Cl.CC(NC(=O)C(N)Cc1ccc(O)cc1)C(=O)NCC(=O)N(C)C(Cc1ccccc1)C(=O)O. The van der Waals surface area contributed by atoms with Crippen molar-refractivity contribution >= 4 is 40.5 Å². The number of carbonyl (C=O) groups is 5. The molecule has 2 rings (SSSR count). The Kier molecular flexibility index (Phi) is 13.5. The van der Waals surface area contributed by atoms with Gasteiger partial charge in [-0.25, -0.2) is 4.79 Å². The molecule has 0 saturated heterocycles. The highest BCUT2D eigenvalue weighted by Gasteiger charge is 2.27. The van der Waals surface area contributed by atoms with Crippen LogP contribution in [0.1, 0.15) is 25.0 Å². The first-order chi connectivity index (χ1) is 17.8. The number of hydrogen-bond donors (Lipinski definition) is 5. The maximum atomic E-state index is 12.5. The number of carboxylic acids is 1. The average Bonchev–Trinajstić information content (AvgIpc) is 2.86. The highest BCUT2D eigenvalue weighted by molar-refractivity contribution is 6.62. The van der Waals surface area contributed by atoms with Gasteiger partial charge >= 0.3 is 5.97 Å². The summed E-state index contributed by atoms with van der Waals surface area (Å²) in [6.45, 7) is 2.32. The quantitative estimate of drug-likeness (QED) is 0.256. The van der Waals surface area contributed by atoms with Gasteiger partial charge in [0.15, 0.2) is 0 Å². The van der Waals surface area contributed by atoms with Crippen LogP contribution in [0.25, 0.3) is 0 Å². The van der Waals surface area contributed by atoms with Crippen molar-refractivity contribution in [3.63, 3.8) is 0 Å². The van der Waals surface area contributed by atoms with E-state index in [0.29, 0.717) is 0 Å². The van der Waals surface area contributed by atoms with E-state index in [2.05, 4.69) is 22.2 Å². The number of aromatic hydroxyl groups is 1. The van der Waals surface area contributed by atoms with Gasteiger partial charge in [0.05, 0.1) is 12.6 Å². The molecule has 12 heteroatoms. The van der Waals surface area contributed by atoms with Crippen molar-refractivity contribution in [2.24, 2.45) is 5.73 Å². The number of benzene rings is 2. The minimum atomic E-state index is -1.16. The molecule has 11 nitrogen and oxygen atoms in total. The monoisotopic (exact) mass is 548 g/mol. The lowest BCUT2D eigenvalue weighted by Gasteiger charge is -2.25. The fourth-order valence-electron chi connectivity index (χ4n) is 3.21. The van der Waals surface area contributed by atoms with Crippen molar-refractivity contribution in [1.82, 2.24) is 15.5 Å². The van der Waals surface area contributed by atoms with Crippen LogP contribution < -0.4 is 16.4 Å². The molecule has 2 aromatic rings. The van der Waals surface area contributed by atoms with Gasteiger partial charge in [0.2, 0.25) is 23.0 Å². The lowest BCUT2D eigenvalue weighted by Crippen LogP contribution is -2.53. The van der Waals surface area contributed by atoms with Crippen LogP contribution in [0.2, 0.25) is 0 Å². The summed E-state index contributed by atoms with van der Waals surface area (Å²) in [5, 5.41) is 23.4. The summed E-state index contributed by atoms with van der Waals surface area (Å²) < 4.78 is 0. The maximum absolute atomic E-state index is 12.5. The molecule has 0 aliphatic heterocycles. The van der Waals surface area contributed by atoms with Crippen molar-refractivity contribution < 1.29 is 34.2 Å². The zero-order valence-electron chi connectivity index (χ0n) is 21.4. The number of likely N-dealkylation sites (N-methyl/N-ethyl adjacent to an activating group) is 1. The number of carboxylic acid groups (broad SMARTS) is 1. The molecule has 0 aromatic heterocycles. The molecule has 0 spiro atoms. The highest BCUT2D eigenvalue weighted by atomic mass is 35.5. The van der Waals surface area contributed by atoms with E-state index in [1.165, 1.54) is 33.0 Å². The van der Waals surface area contributed by atoms with Crippen LogP contribution in [0.5, 0.6) is 5.75 Å². The Morgan fingerprint density at radius 2 is 1.47 bits per heavy atom. The van der Waals surface area contributed by atoms with E-state index in [4.69, 9.17) is 5.73 Å². The van der Waals surface area contributed by atoms with Gasteiger partial charge in [-0.3, -0.25) is 19.2 Å². The number of nitrogens with zero attached hydrogens (tertiary/aromatic N) is 1. The topological polar surface area (TPSA) is 179 Å². The Hall–Kier alpha value is -3.96. The van der Waals surface area contributed by atoms with E-state index in [9.17, 15) is 34.2 Å². The Labute approximate surface area is 226 Å². The normalized spacial score (nSPS) is 12.6. The Balaban J connectivity index is 0.00000168. The van der Waals surface area contributed by atoms with Crippen LogP contribution in [-0.2, 0) is 36.8 Å². The van der Waals surface area contributed by atoms with Crippen LogP contribution in [0.4, 0.5) is 0 Å². The fourth-order valence-corrected chi connectivity index (χ4v) is 3.21. The summed E-state index contributed by atoms with van der Waals surface area (Å²) in [7, 11) is 1.36. The summed E-state index contributed by atoms with van der Waals surface area (Å²) in [5.41, 5.74) is 7.41. The number of amides is 3. The van der Waals surface area contributed by atoms with E-state index < -0.39 is 48.4 Å². The molecule has 3 amide bonds. The third-order valence-electron chi connectivity index (χ3n) is 5.31. The molecule has 3 atom stereocenters. The molecule has 0 bridgehead atoms. The highest BCUT2D eigenvalue weighted by Crippen LogP contribution is 2.11. The molecule has 0 aliphatic carbocycles. The minimum Gasteiger partial charge on any atom is -0.508 e. The van der Waals surface area contributed by atoms with E-state index in [1.54, 1.807) is 36.4 Å². The van der Waals surface area contributed by atoms with Gasteiger partial charge in [0.1, 0.15) is 17.8 Å². The molecule has 0 saturated carbocycles. The van der Waals surface area contributed by atoms with Crippen LogP contribution in [0, 0.1) is 0 Å². The molecular formula is C26H33ClN4O7. The number of nitrogens with two attached hydrogens (primary N) is 1. The molecule has 0 aliphatic rings. The second-order valence-electron chi connectivity index (χ2n) is 8.44. The van der Waals surface area contributed by atoms with Crippen LogP contribution in [-0.4, -0.2) is 75.8 Å². The van der Waals surface area contributed by atoms with Crippen LogP contribution in [0.3, 0.4) is 0 Å². The predicted octanol–water partition coefficient (Wildman–Crippen LogP) is 0.809. The maximum Gasteiger partial charge on any atom is 0.326 e. The number of hydrogen-bond acceptors (Lipinski definition) is 7.